The molecule has 0 aromatic heterocycles. The predicted octanol–water partition coefficient (Wildman–Crippen LogP) is 0.604. The number of aliphatic hydroxyl groups is 3. The van der Waals surface area contributed by atoms with Crippen LogP contribution in [0.4, 0.5) is 11.4 Å². The first-order valence-corrected chi connectivity index (χ1v) is 16.0. The van der Waals surface area contributed by atoms with Gasteiger partial charge in [-0.05, 0) is 84.5 Å². The summed E-state index contributed by atoms with van der Waals surface area (Å²) in [4.78, 5) is 61.3. The Morgan fingerprint density at radius 1 is 1.02 bits per heavy atom. The number of nitrogens with one attached hydrogen (secondary N) is 2. The van der Waals surface area contributed by atoms with Crippen LogP contribution in [0.25, 0.3) is 5.76 Å². The lowest BCUT2D eigenvalue weighted by Crippen LogP contribution is -2.66. The third kappa shape index (κ3) is 5.88. The van der Waals surface area contributed by atoms with E-state index in [4.69, 9.17) is 0 Å². The molecule has 4 aliphatic rings. The van der Waals surface area contributed by atoms with Crippen molar-refractivity contribution < 1.29 is 39.6 Å². The van der Waals surface area contributed by atoms with E-state index in [9.17, 15) is 39.6 Å². The average Bonchev–Trinajstić information content (AvgIpc) is 2.99. The van der Waals surface area contributed by atoms with Crippen molar-refractivity contribution in [1.29, 1.82) is 0 Å². The van der Waals surface area contributed by atoms with Crippen LogP contribution in [0.15, 0.2) is 23.0 Å². The summed E-state index contributed by atoms with van der Waals surface area (Å²) in [5.41, 5.74) is -2.56. The molecule has 14 nitrogen and oxygen atoms in total. The zero-order chi connectivity index (χ0) is 34.5. The van der Waals surface area contributed by atoms with Crippen LogP contribution in [0.3, 0.4) is 0 Å². The Labute approximate surface area is 274 Å². The van der Waals surface area contributed by atoms with Gasteiger partial charge in [-0.2, -0.15) is 0 Å². The molecule has 3 unspecified atom stereocenters. The molecule has 4 atom stereocenters. The number of hydrogen-bond donors (Lipinski definition) is 6. The van der Waals surface area contributed by atoms with Crippen LogP contribution in [0.1, 0.15) is 36.8 Å². The number of fused-ring (bicyclic) bond motifs is 3. The number of ketones is 2. The highest BCUT2D eigenvalue weighted by Gasteiger charge is 2.64. The van der Waals surface area contributed by atoms with Gasteiger partial charge in [0.15, 0.2) is 11.4 Å². The molecule has 1 heterocycles. The molecule has 1 aromatic carbocycles. The van der Waals surface area contributed by atoms with Gasteiger partial charge in [-0.15, -0.1) is 0 Å². The van der Waals surface area contributed by atoms with E-state index >= 15 is 0 Å². The van der Waals surface area contributed by atoms with Crippen LogP contribution in [0.2, 0.25) is 0 Å². The largest absolute Gasteiger partial charge is 0.508 e. The van der Waals surface area contributed by atoms with Gasteiger partial charge in [-0.1, -0.05) is 6.42 Å². The second-order valence-corrected chi connectivity index (χ2v) is 13.8. The maximum absolute atomic E-state index is 14.4. The Morgan fingerprint density at radius 2 is 1.68 bits per heavy atom. The fraction of sp³-hybridized carbons (Fsp3) is 0.576. The molecule has 0 bridgehead atoms. The van der Waals surface area contributed by atoms with Crippen LogP contribution in [-0.4, -0.2) is 139 Å². The van der Waals surface area contributed by atoms with Gasteiger partial charge in [0, 0.05) is 31.3 Å². The number of likely N-dealkylation sites (N-methyl/N-ethyl adjacent to an activating group) is 2. The summed E-state index contributed by atoms with van der Waals surface area (Å²) in [6, 6.07) is 0.466. The molecule has 1 saturated carbocycles. The summed E-state index contributed by atoms with van der Waals surface area (Å²) in [6.07, 6.45) is 3.20. The fourth-order valence-corrected chi connectivity index (χ4v) is 7.63. The number of nitrogens with zero attached hydrogens (tertiary/aromatic N) is 4. The molecule has 3 aliphatic carbocycles. The summed E-state index contributed by atoms with van der Waals surface area (Å²) in [5.74, 6) is -6.99. The molecule has 2 amide bonds. The van der Waals surface area contributed by atoms with Gasteiger partial charge in [-0.25, -0.2) is 0 Å². The predicted molar refractivity (Wildman–Crippen MR) is 175 cm³/mol. The van der Waals surface area contributed by atoms with Gasteiger partial charge in [0.05, 0.1) is 30.5 Å². The maximum Gasteiger partial charge on any atom is 0.259 e. The molecule has 1 aromatic rings. The first kappa shape index (κ1) is 34.4. The number of amides is 2. The van der Waals surface area contributed by atoms with E-state index in [2.05, 4.69) is 10.6 Å². The van der Waals surface area contributed by atoms with Gasteiger partial charge >= 0.3 is 0 Å². The van der Waals surface area contributed by atoms with Crippen LogP contribution >= 0.6 is 0 Å². The minimum Gasteiger partial charge on any atom is -0.508 e. The Hall–Kier alpha value is -3.98. The quantitative estimate of drug-likeness (QED) is 0.170. The SMILES string of the molecule is CN(C)CC(=O)Nc1cc(N(C)C)c2c(c1O)C(O)=C1C(=O)C3(O)C(O)=C(C(=O)NCN4CCCCC4)C(=O)[C@@H](N(C)C)C3CC1C2. The molecule has 47 heavy (non-hydrogen) atoms. The van der Waals surface area contributed by atoms with Gasteiger partial charge in [0.25, 0.3) is 5.91 Å². The highest BCUT2D eigenvalue weighted by molar-refractivity contribution is 6.25. The van der Waals surface area contributed by atoms with Crippen molar-refractivity contribution in [2.45, 2.75) is 43.7 Å². The topological polar surface area (TPSA) is 186 Å². The van der Waals surface area contributed by atoms with E-state index in [1.807, 2.05) is 4.90 Å². The smallest absolute Gasteiger partial charge is 0.259 e. The van der Waals surface area contributed by atoms with Gasteiger partial charge in [-0.3, -0.25) is 29.0 Å². The summed E-state index contributed by atoms with van der Waals surface area (Å²) >= 11 is 0. The second-order valence-electron chi connectivity index (χ2n) is 13.8. The molecule has 0 radical (unpaired) electrons. The third-order valence-electron chi connectivity index (χ3n) is 9.81. The molecule has 6 N–H and O–H groups in total. The number of rotatable bonds is 8. The van der Waals surface area contributed by atoms with Crippen molar-refractivity contribution in [2.75, 3.05) is 78.8 Å². The van der Waals surface area contributed by atoms with Crippen molar-refractivity contribution in [3.63, 3.8) is 0 Å². The van der Waals surface area contributed by atoms with Crippen LogP contribution in [0.5, 0.6) is 5.75 Å². The summed E-state index contributed by atoms with van der Waals surface area (Å²) in [7, 11) is 10.2. The molecule has 256 valence electrons. The number of likely N-dealkylation sites (tertiary alicyclic amines) is 1. The van der Waals surface area contributed by atoms with E-state index in [1.54, 1.807) is 58.2 Å². The number of carbonyl (C=O) groups excluding carboxylic acids is 4. The first-order chi connectivity index (χ1) is 22.1. The summed E-state index contributed by atoms with van der Waals surface area (Å²) in [5, 5.41) is 52.1. The number of aliphatic hydroxyl groups excluding tert-OH is 2. The van der Waals surface area contributed by atoms with E-state index in [0.29, 0.717) is 11.3 Å². The molecule has 2 fully saturated rings. The molecule has 1 saturated heterocycles. The number of piperidine rings is 1. The number of Topliss-reactive ketones (excluding diaryl/α,β-unsaturated/α-hetero) is 2. The van der Waals surface area contributed by atoms with Crippen molar-refractivity contribution in [3.8, 4) is 5.75 Å². The number of hydrogen-bond acceptors (Lipinski definition) is 12. The van der Waals surface area contributed by atoms with Crippen molar-refractivity contribution in [2.24, 2.45) is 11.8 Å². The lowest BCUT2D eigenvalue weighted by Gasteiger charge is -2.50. The number of anilines is 2. The van der Waals surface area contributed by atoms with Crippen molar-refractivity contribution in [1.82, 2.24) is 20.0 Å². The zero-order valence-corrected chi connectivity index (χ0v) is 27.9. The standard InChI is InChI=1S/C33H46N6O8/c1-36(2)15-22(40)35-20-14-21(37(3)4)18-12-17-13-19-26(38(5)6)29(43)25(32(46)34-16-39-10-8-7-9-11-39)31(45)33(19,47)30(44)23(17)28(42)24(18)27(20)41/h14,17,19,26,41-42,45,47H,7-13,15-16H2,1-6H3,(H,34,46)(H,35,40)/t17?,19?,26-,33?/m0/s1. The molecular weight excluding hydrogens is 608 g/mol. The zero-order valence-electron chi connectivity index (χ0n) is 27.9. The van der Waals surface area contributed by atoms with Crippen LogP contribution in [-0.2, 0) is 25.6 Å². The fourth-order valence-electron chi connectivity index (χ4n) is 7.63. The monoisotopic (exact) mass is 654 g/mol. The molecule has 0 spiro atoms. The number of carbonyl (C=O) groups is 4. The third-order valence-corrected chi connectivity index (χ3v) is 9.81. The number of benzene rings is 1. The van der Waals surface area contributed by atoms with Gasteiger partial charge in [0.2, 0.25) is 11.7 Å². The van der Waals surface area contributed by atoms with Crippen LogP contribution in [0, 0.1) is 11.8 Å². The molecule has 1 aliphatic heterocycles. The van der Waals surface area contributed by atoms with Crippen molar-refractivity contribution >= 4 is 40.5 Å². The average molecular weight is 655 g/mol. The van der Waals surface area contributed by atoms with E-state index in [-0.39, 0.29) is 42.9 Å². The second kappa shape index (κ2) is 12.9. The van der Waals surface area contributed by atoms with Gasteiger partial charge < -0.3 is 40.9 Å². The Balaban J connectivity index is 1.61. The van der Waals surface area contributed by atoms with Crippen LogP contribution < -0.4 is 15.5 Å². The Morgan fingerprint density at radius 3 is 2.28 bits per heavy atom. The minimum atomic E-state index is -2.70. The maximum atomic E-state index is 14.4. The van der Waals surface area contributed by atoms with Gasteiger partial charge in [0.1, 0.15) is 22.8 Å². The lowest BCUT2D eigenvalue weighted by molar-refractivity contribution is -0.153. The molecule has 14 heteroatoms. The highest BCUT2D eigenvalue weighted by atomic mass is 16.3. The van der Waals surface area contributed by atoms with E-state index < -0.39 is 69.7 Å². The van der Waals surface area contributed by atoms with Crippen molar-refractivity contribution in [3.05, 3.63) is 34.1 Å². The normalized spacial score (nSPS) is 26.3. The highest BCUT2D eigenvalue weighted by Crippen LogP contribution is 2.54. The number of aromatic hydroxyl groups is 1. The van der Waals surface area contributed by atoms with E-state index in [0.717, 1.165) is 32.4 Å². The van der Waals surface area contributed by atoms with E-state index in [1.165, 1.54) is 4.90 Å². The lowest BCUT2D eigenvalue weighted by atomic mass is 9.57. The number of phenols is 1. The number of phenolic OH excluding ortho intramolecular Hbond substituents is 1. The molecular formula is C33H46N6O8. The minimum absolute atomic E-state index is 0.0113. The Kier molecular flexibility index (Phi) is 9.43. The summed E-state index contributed by atoms with van der Waals surface area (Å²) < 4.78 is 0. The Bertz CT molecular complexity index is 1560. The summed E-state index contributed by atoms with van der Waals surface area (Å²) in [6.45, 7) is 1.70. The first-order valence-electron chi connectivity index (χ1n) is 16.0. The molecule has 5 rings (SSSR count).